The third kappa shape index (κ3) is 4.23. The van der Waals surface area contributed by atoms with Crippen LogP contribution in [0.4, 0.5) is 4.79 Å². The average Bonchev–Trinajstić information content (AvgIpc) is 2.00. The Morgan fingerprint density at radius 1 is 1.82 bits per heavy atom. The third-order valence-corrected chi connectivity index (χ3v) is 1.06. The molecule has 2 amide bonds. The number of carbonyl (C=O) groups excluding carboxylic acids is 1. The molecule has 0 aliphatic heterocycles. The minimum Gasteiger partial charge on any atom is -0.395 e. The molecule has 0 aromatic heterocycles. The van der Waals surface area contributed by atoms with Crippen molar-refractivity contribution >= 4 is 6.03 Å². The Bertz CT molecular complexity index is 162. The Hall–Kier alpha value is -1.21. The summed E-state index contributed by atoms with van der Waals surface area (Å²) in [7, 11) is 1.59. The number of rotatable bonds is 3. The highest BCUT2D eigenvalue weighted by molar-refractivity contribution is 5.74. The smallest absolute Gasteiger partial charge is 0.318 e. The zero-order chi connectivity index (χ0) is 8.69. The Balaban J connectivity index is 3.57. The van der Waals surface area contributed by atoms with Gasteiger partial charge in [0.2, 0.25) is 0 Å². The van der Waals surface area contributed by atoms with E-state index in [0.717, 1.165) is 0 Å². The Labute approximate surface area is 66.2 Å². The lowest BCUT2D eigenvalue weighted by atomic mass is 10.6. The number of aliphatic hydroxyl groups is 1. The SMILES string of the molecule is C#CCN(C)C(=O)NCCO. The molecule has 0 aliphatic carbocycles. The molecule has 62 valence electrons. The van der Waals surface area contributed by atoms with Crippen LogP contribution in [0.5, 0.6) is 0 Å². The van der Waals surface area contributed by atoms with Gasteiger partial charge in [-0.2, -0.15) is 0 Å². The Kier molecular flexibility index (Phi) is 4.95. The number of nitrogens with zero attached hydrogens (tertiary/aromatic N) is 1. The van der Waals surface area contributed by atoms with Gasteiger partial charge in [-0.15, -0.1) is 6.42 Å². The molecular weight excluding hydrogens is 144 g/mol. The van der Waals surface area contributed by atoms with Crippen LogP contribution in [-0.4, -0.2) is 42.8 Å². The molecule has 4 nitrogen and oxygen atoms in total. The molecule has 0 aromatic rings. The normalized spacial score (nSPS) is 8.45. The zero-order valence-electron chi connectivity index (χ0n) is 6.50. The van der Waals surface area contributed by atoms with E-state index >= 15 is 0 Å². The van der Waals surface area contributed by atoms with E-state index in [0.29, 0.717) is 0 Å². The van der Waals surface area contributed by atoms with Crippen molar-refractivity contribution in [2.24, 2.45) is 0 Å². The molecule has 0 atom stereocenters. The lowest BCUT2D eigenvalue weighted by Gasteiger charge is -2.13. The highest BCUT2D eigenvalue weighted by Gasteiger charge is 2.03. The molecule has 0 aromatic carbocycles. The summed E-state index contributed by atoms with van der Waals surface area (Å²) in [5.74, 6) is 2.33. The van der Waals surface area contributed by atoms with Crippen LogP contribution in [0.25, 0.3) is 0 Å². The van der Waals surface area contributed by atoms with E-state index in [-0.39, 0.29) is 25.7 Å². The Morgan fingerprint density at radius 2 is 2.45 bits per heavy atom. The number of hydrogen-bond donors (Lipinski definition) is 2. The van der Waals surface area contributed by atoms with Crippen LogP contribution in [0.15, 0.2) is 0 Å². The number of urea groups is 1. The number of aliphatic hydroxyl groups excluding tert-OH is 1. The van der Waals surface area contributed by atoms with Gasteiger partial charge in [0.15, 0.2) is 0 Å². The fraction of sp³-hybridized carbons (Fsp3) is 0.571. The van der Waals surface area contributed by atoms with Gasteiger partial charge in [0, 0.05) is 13.6 Å². The molecule has 0 rings (SSSR count). The number of carbonyl (C=O) groups is 1. The summed E-state index contributed by atoms with van der Waals surface area (Å²) in [4.78, 5) is 12.3. The standard InChI is InChI=1S/C7H12N2O2/c1-3-5-9(2)7(11)8-4-6-10/h1,10H,4-6H2,2H3,(H,8,11). The highest BCUT2D eigenvalue weighted by Crippen LogP contribution is 1.80. The predicted octanol–water partition coefficient (Wildman–Crippen LogP) is -0.747. The minimum atomic E-state index is -0.267. The number of hydrogen-bond acceptors (Lipinski definition) is 2. The molecule has 11 heavy (non-hydrogen) atoms. The van der Waals surface area contributed by atoms with Crippen molar-refractivity contribution in [3.8, 4) is 12.3 Å². The first-order chi connectivity index (χ1) is 5.22. The van der Waals surface area contributed by atoms with E-state index in [1.807, 2.05) is 0 Å². The molecule has 0 saturated carbocycles. The molecule has 0 fully saturated rings. The van der Waals surface area contributed by atoms with Gasteiger partial charge >= 0.3 is 6.03 Å². The molecule has 0 spiro atoms. The van der Waals surface area contributed by atoms with Crippen molar-refractivity contribution < 1.29 is 9.90 Å². The number of amides is 2. The monoisotopic (exact) mass is 156 g/mol. The molecule has 4 heteroatoms. The molecule has 0 unspecified atom stereocenters. The van der Waals surface area contributed by atoms with Gasteiger partial charge in [0.05, 0.1) is 13.2 Å². The molecule has 0 bridgehead atoms. The van der Waals surface area contributed by atoms with E-state index in [1.54, 1.807) is 7.05 Å². The third-order valence-electron chi connectivity index (χ3n) is 1.06. The van der Waals surface area contributed by atoms with Gasteiger partial charge in [0.25, 0.3) is 0 Å². The first-order valence-corrected chi connectivity index (χ1v) is 3.25. The van der Waals surface area contributed by atoms with Crippen LogP contribution in [0.3, 0.4) is 0 Å². The quantitative estimate of drug-likeness (QED) is 0.528. The van der Waals surface area contributed by atoms with Crippen LogP contribution in [-0.2, 0) is 0 Å². The van der Waals surface area contributed by atoms with Crippen molar-refractivity contribution in [3.63, 3.8) is 0 Å². The Morgan fingerprint density at radius 3 is 2.91 bits per heavy atom. The second-order valence-corrected chi connectivity index (χ2v) is 2.02. The minimum absolute atomic E-state index is 0.0599. The second-order valence-electron chi connectivity index (χ2n) is 2.02. The second kappa shape index (κ2) is 5.57. The van der Waals surface area contributed by atoms with Gasteiger partial charge in [-0.05, 0) is 0 Å². The summed E-state index contributed by atoms with van der Waals surface area (Å²) < 4.78 is 0. The topological polar surface area (TPSA) is 52.6 Å². The van der Waals surface area contributed by atoms with Gasteiger partial charge < -0.3 is 15.3 Å². The molecular formula is C7H12N2O2. The molecule has 0 radical (unpaired) electrons. The van der Waals surface area contributed by atoms with E-state index < -0.39 is 0 Å². The van der Waals surface area contributed by atoms with E-state index in [2.05, 4.69) is 11.2 Å². The van der Waals surface area contributed by atoms with Gasteiger partial charge in [-0.3, -0.25) is 0 Å². The van der Waals surface area contributed by atoms with Crippen LogP contribution < -0.4 is 5.32 Å². The first kappa shape index (κ1) is 9.79. The number of nitrogens with one attached hydrogen (secondary N) is 1. The fourth-order valence-corrected chi connectivity index (χ4v) is 0.507. The van der Waals surface area contributed by atoms with Gasteiger partial charge in [-0.25, -0.2) is 4.79 Å². The molecule has 0 saturated heterocycles. The van der Waals surface area contributed by atoms with Crippen molar-refractivity contribution in [1.82, 2.24) is 10.2 Å². The lowest BCUT2D eigenvalue weighted by Crippen LogP contribution is -2.38. The largest absolute Gasteiger partial charge is 0.395 e. The summed E-state index contributed by atoms with van der Waals surface area (Å²) in [6.07, 6.45) is 4.97. The van der Waals surface area contributed by atoms with Crippen molar-refractivity contribution in [2.75, 3.05) is 26.7 Å². The van der Waals surface area contributed by atoms with E-state index in [1.165, 1.54) is 4.90 Å². The molecule has 0 heterocycles. The van der Waals surface area contributed by atoms with E-state index in [4.69, 9.17) is 11.5 Å². The maximum Gasteiger partial charge on any atom is 0.318 e. The highest BCUT2D eigenvalue weighted by atomic mass is 16.3. The zero-order valence-corrected chi connectivity index (χ0v) is 6.50. The summed E-state index contributed by atoms with van der Waals surface area (Å²) >= 11 is 0. The van der Waals surface area contributed by atoms with Crippen molar-refractivity contribution in [1.29, 1.82) is 0 Å². The summed E-state index contributed by atoms with van der Waals surface area (Å²) in [6, 6.07) is -0.267. The van der Waals surface area contributed by atoms with Crippen molar-refractivity contribution in [3.05, 3.63) is 0 Å². The average molecular weight is 156 g/mol. The van der Waals surface area contributed by atoms with Crippen LogP contribution in [0.1, 0.15) is 0 Å². The lowest BCUT2D eigenvalue weighted by molar-refractivity contribution is 0.208. The summed E-state index contributed by atoms with van der Waals surface area (Å²) in [5, 5.41) is 10.8. The first-order valence-electron chi connectivity index (χ1n) is 3.25. The van der Waals surface area contributed by atoms with Crippen LogP contribution in [0, 0.1) is 12.3 Å². The van der Waals surface area contributed by atoms with E-state index in [9.17, 15) is 4.79 Å². The summed E-state index contributed by atoms with van der Waals surface area (Å²) in [6.45, 7) is 0.473. The predicted molar refractivity (Wildman–Crippen MR) is 41.9 cm³/mol. The van der Waals surface area contributed by atoms with Gasteiger partial charge in [0.1, 0.15) is 0 Å². The number of terminal acetylenes is 1. The van der Waals surface area contributed by atoms with Crippen molar-refractivity contribution in [2.45, 2.75) is 0 Å². The maximum absolute atomic E-state index is 10.9. The van der Waals surface area contributed by atoms with Crippen LogP contribution in [0.2, 0.25) is 0 Å². The summed E-state index contributed by atoms with van der Waals surface area (Å²) in [5.41, 5.74) is 0. The molecule has 0 aliphatic rings. The molecule has 2 N–H and O–H groups in total. The fourth-order valence-electron chi connectivity index (χ4n) is 0.507. The van der Waals surface area contributed by atoms with Gasteiger partial charge in [-0.1, -0.05) is 5.92 Å². The van der Waals surface area contributed by atoms with Crippen LogP contribution >= 0.6 is 0 Å². The maximum atomic E-state index is 10.9.